The number of pyridine rings is 1. The first kappa shape index (κ1) is 20.8. The molecule has 2 aromatic carbocycles. The minimum atomic E-state index is 0. The summed E-state index contributed by atoms with van der Waals surface area (Å²) in [5, 5.41) is 0. The number of aromatic nitrogens is 3. The Balaban J connectivity index is 0.00000216. The highest BCUT2D eigenvalue weighted by molar-refractivity contribution is 7.99. The molecule has 1 saturated heterocycles. The molecule has 0 unspecified atom stereocenters. The molecule has 0 atom stereocenters. The number of amides is 2. The largest absolute Gasteiger partial charge is 0.329 e. The molecule has 0 saturated carbocycles. The number of para-hydroxylation sites is 2. The molecular weight excluding hydrogens is 442 g/mol. The van der Waals surface area contributed by atoms with E-state index < -0.39 is 0 Å². The molecule has 0 aliphatic carbocycles. The Morgan fingerprint density at radius 3 is 2.22 bits per heavy atom. The first-order valence-corrected chi connectivity index (χ1v) is 11.3. The van der Waals surface area contributed by atoms with Crippen LogP contribution in [0.15, 0.2) is 83.0 Å². The van der Waals surface area contributed by atoms with E-state index in [1.165, 1.54) is 0 Å². The van der Waals surface area contributed by atoms with E-state index in [1.54, 1.807) is 11.8 Å². The number of urea groups is 1. The van der Waals surface area contributed by atoms with E-state index in [2.05, 4.69) is 26.7 Å². The van der Waals surface area contributed by atoms with Gasteiger partial charge in [-0.3, -0.25) is 4.90 Å². The summed E-state index contributed by atoms with van der Waals surface area (Å²) >= 11 is 1.72. The maximum atomic E-state index is 13.7. The van der Waals surface area contributed by atoms with Crippen LogP contribution in [0.25, 0.3) is 11.2 Å². The molecule has 2 amide bonds. The van der Waals surface area contributed by atoms with Crippen LogP contribution in [0, 0.1) is 0 Å². The van der Waals surface area contributed by atoms with Gasteiger partial charge in [0.2, 0.25) is 0 Å². The van der Waals surface area contributed by atoms with Crippen LogP contribution >= 0.6 is 24.2 Å². The fourth-order valence-electron chi connectivity index (χ4n) is 4.52. The highest BCUT2D eigenvalue weighted by Crippen LogP contribution is 2.48. The van der Waals surface area contributed by atoms with Crippen molar-refractivity contribution < 1.29 is 4.79 Å². The van der Waals surface area contributed by atoms with E-state index in [0.29, 0.717) is 19.1 Å². The van der Waals surface area contributed by atoms with Gasteiger partial charge in [0.15, 0.2) is 5.65 Å². The number of imidazole rings is 1. The Morgan fingerprint density at radius 1 is 0.875 bits per heavy atom. The van der Waals surface area contributed by atoms with E-state index >= 15 is 0 Å². The Bertz CT molecular complexity index is 1240. The molecule has 2 aliphatic heterocycles. The minimum absolute atomic E-state index is 0. The fraction of sp³-hybridized carbons (Fsp3) is 0.208. The maximum absolute atomic E-state index is 13.7. The number of fused-ring (bicyclic) bond motifs is 3. The molecule has 2 aliphatic rings. The number of carbonyl (C=O) groups is 1. The van der Waals surface area contributed by atoms with Crippen LogP contribution in [0.4, 0.5) is 16.2 Å². The molecule has 4 aromatic rings. The van der Waals surface area contributed by atoms with Crippen molar-refractivity contribution in [2.24, 2.45) is 0 Å². The molecule has 2 aromatic heterocycles. The number of piperidine rings is 1. The van der Waals surface area contributed by atoms with E-state index in [1.807, 2.05) is 70.9 Å². The van der Waals surface area contributed by atoms with Crippen molar-refractivity contribution in [1.82, 2.24) is 19.4 Å². The topological polar surface area (TPSA) is 54.3 Å². The lowest BCUT2D eigenvalue weighted by Crippen LogP contribution is -2.46. The SMILES string of the molecule is Cl.O=C(N1CCC(n2cnc3cccnc32)CC1)N1c2ccccc2Sc2ccccc21. The Labute approximate surface area is 196 Å². The number of carbonyl (C=O) groups excluding carboxylic acids is 1. The number of hydrogen-bond donors (Lipinski definition) is 0. The van der Waals surface area contributed by atoms with Gasteiger partial charge < -0.3 is 9.47 Å². The highest BCUT2D eigenvalue weighted by Gasteiger charge is 2.33. The monoisotopic (exact) mass is 463 g/mol. The van der Waals surface area contributed by atoms with Gasteiger partial charge >= 0.3 is 6.03 Å². The summed E-state index contributed by atoms with van der Waals surface area (Å²) in [5.41, 5.74) is 3.76. The molecule has 8 heteroatoms. The molecule has 32 heavy (non-hydrogen) atoms. The molecule has 1 fully saturated rings. The second-order valence-electron chi connectivity index (χ2n) is 7.87. The summed E-state index contributed by atoms with van der Waals surface area (Å²) in [6.45, 7) is 1.42. The molecular formula is C24H22ClN5OS. The van der Waals surface area contributed by atoms with Crippen LogP contribution in [-0.4, -0.2) is 38.6 Å². The zero-order valence-corrected chi connectivity index (χ0v) is 18.9. The average molecular weight is 464 g/mol. The van der Waals surface area contributed by atoms with Crippen LogP contribution in [0.3, 0.4) is 0 Å². The zero-order valence-electron chi connectivity index (χ0n) is 17.3. The van der Waals surface area contributed by atoms with Crippen LogP contribution in [0.1, 0.15) is 18.9 Å². The first-order valence-electron chi connectivity index (χ1n) is 10.5. The first-order chi connectivity index (χ1) is 15.3. The maximum Gasteiger partial charge on any atom is 0.329 e. The highest BCUT2D eigenvalue weighted by atomic mass is 35.5. The lowest BCUT2D eigenvalue weighted by molar-refractivity contribution is 0.180. The van der Waals surface area contributed by atoms with Crippen molar-refractivity contribution in [3.05, 3.63) is 73.2 Å². The standard InChI is InChI=1S/C24H21N5OS.ClH/c30-24(29-19-7-1-3-9-21(19)31-22-10-4-2-8-20(22)29)27-14-11-17(12-15-27)28-16-26-18-6-5-13-25-23(18)28;/h1-10,13,16-17H,11-12,14-15H2;1H. The van der Waals surface area contributed by atoms with Crippen LogP contribution in [0.5, 0.6) is 0 Å². The number of rotatable bonds is 1. The van der Waals surface area contributed by atoms with Crippen molar-refractivity contribution in [2.75, 3.05) is 18.0 Å². The molecule has 4 heterocycles. The van der Waals surface area contributed by atoms with Gasteiger partial charge in [-0.15, -0.1) is 12.4 Å². The van der Waals surface area contributed by atoms with E-state index in [0.717, 1.165) is 45.2 Å². The van der Waals surface area contributed by atoms with Crippen LogP contribution in [-0.2, 0) is 0 Å². The van der Waals surface area contributed by atoms with E-state index in [-0.39, 0.29) is 18.4 Å². The summed E-state index contributed by atoms with van der Waals surface area (Å²) in [6.07, 6.45) is 5.47. The predicted molar refractivity (Wildman–Crippen MR) is 129 cm³/mol. The van der Waals surface area contributed by atoms with Crippen molar-refractivity contribution in [3.63, 3.8) is 0 Å². The van der Waals surface area contributed by atoms with Gasteiger partial charge in [0.05, 0.1) is 17.7 Å². The number of anilines is 2. The Kier molecular flexibility index (Phi) is 5.53. The lowest BCUT2D eigenvalue weighted by atomic mass is 10.0. The third kappa shape index (κ3) is 3.42. The van der Waals surface area contributed by atoms with E-state index in [9.17, 15) is 4.79 Å². The van der Waals surface area contributed by atoms with Crippen molar-refractivity contribution in [1.29, 1.82) is 0 Å². The van der Waals surface area contributed by atoms with Gasteiger partial charge in [0.1, 0.15) is 5.52 Å². The molecule has 0 N–H and O–H groups in total. The van der Waals surface area contributed by atoms with Gasteiger partial charge in [0, 0.05) is 35.1 Å². The number of benzene rings is 2. The lowest BCUT2D eigenvalue weighted by Gasteiger charge is -2.38. The van der Waals surface area contributed by atoms with Crippen molar-refractivity contribution >= 4 is 52.7 Å². The predicted octanol–water partition coefficient (Wildman–Crippen LogP) is 5.91. The van der Waals surface area contributed by atoms with Crippen LogP contribution < -0.4 is 4.90 Å². The number of likely N-dealkylation sites (tertiary alicyclic amines) is 1. The number of nitrogens with zero attached hydrogens (tertiary/aromatic N) is 5. The average Bonchev–Trinajstić information content (AvgIpc) is 3.26. The molecule has 0 radical (unpaired) electrons. The zero-order chi connectivity index (χ0) is 20.8. The van der Waals surface area contributed by atoms with Gasteiger partial charge in [-0.25, -0.2) is 14.8 Å². The summed E-state index contributed by atoms with van der Waals surface area (Å²) < 4.78 is 2.17. The van der Waals surface area contributed by atoms with Crippen molar-refractivity contribution in [3.8, 4) is 0 Å². The second kappa shape index (κ2) is 8.48. The van der Waals surface area contributed by atoms with E-state index in [4.69, 9.17) is 0 Å². The molecule has 0 spiro atoms. The smallest absolute Gasteiger partial charge is 0.324 e. The van der Waals surface area contributed by atoms with Gasteiger partial charge in [0.25, 0.3) is 0 Å². The molecule has 6 nitrogen and oxygen atoms in total. The summed E-state index contributed by atoms with van der Waals surface area (Å²) in [7, 11) is 0. The second-order valence-corrected chi connectivity index (χ2v) is 8.96. The molecule has 0 bridgehead atoms. The minimum Gasteiger partial charge on any atom is -0.324 e. The summed E-state index contributed by atoms with van der Waals surface area (Å²) in [4.78, 5) is 28.8. The molecule has 6 rings (SSSR count). The third-order valence-corrected chi connectivity index (χ3v) is 7.21. The Hall–Kier alpha value is -3.03. The van der Waals surface area contributed by atoms with Gasteiger partial charge in [-0.1, -0.05) is 36.0 Å². The van der Waals surface area contributed by atoms with Crippen molar-refractivity contribution in [2.45, 2.75) is 28.7 Å². The normalized spacial score (nSPS) is 15.8. The van der Waals surface area contributed by atoms with Gasteiger partial charge in [-0.05, 0) is 49.2 Å². The Morgan fingerprint density at radius 2 is 1.53 bits per heavy atom. The third-order valence-electron chi connectivity index (χ3n) is 6.08. The quantitative estimate of drug-likeness (QED) is 0.352. The summed E-state index contributed by atoms with van der Waals surface area (Å²) in [6, 6.07) is 20.5. The number of hydrogen-bond acceptors (Lipinski definition) is 4. The molecule has 162 valence electrons. The van der Waals surface area contributed by atoms with Crippen LogP contribution in [0.2, 0.25) is 0 Å². The fourth-order valence-corrected chi connectivity index (χ4v) is 5.58. The summed E-state index contributed by atoms with van der Waals surface area (Å²) in [5.74, 6) is 0. The number of halogens is 1. The van der Waals surface area contributed by atoms with Gasteiger partial charge in [-0.2, -0.15) is 0 Å².